The number of hydrogen-bond donors (Lipinski definition) is 0. The van der Waals surface area contributed by atoms with Crippen molar-refractivity contribution in [1.29, 1.82) is 0 Å². The molecule has 1 heterocycles. The third-order valence-corrected chi connectivity index (χ3v) is 5.19. The lowest BCUT2D eigenvalue weighted by Crippen LogP contribution is -2.32. The minimum Gasteiger partial charge on any atom is -0.497 e. The van der Waals surface area contributed by atoms with E-state index in [-0.39, 0.29) is 16.5 Å². The Hall–Kier alpha value is -1.16. The topological polar surface area (TPSA) is 29.5 Å². The van der Waals surface area contributed by atoms with Gasteiger partial charge in [0.2, 0.25) is 5.91 Å². The van der Waals surface area contributed by atoms with Gasteiger partial charge in [-0.1, -0.05) is 12.1 Å². The lowest BCUT2D eigenvalue weighted by molar-refractivity contribution is -0.130. The molecule has 2 aliphatic rings. The van der Waals surface area contributed by atoms with Crippen molar-refractivity contribution in [3.63, 3.8) is 0 Å². The fourth-order valence-corrected chi connectivity index (χ4v) is 3.76. The van der Waals surface area contributed by atoms with Crippen LogP contribution in [0.25, 0.3) is 0 Å². The first-order valence-corrected chi connectivity index (χ1v) is 7.73. The highest BCUT2D eigenvalue weighted by molar-refractivity contribution is 8.01. The van der Waals surface area contributed by atoms with Crippen LogP contribution in [0.2, 0.25) is 0 Å². The summed E-state index contributed by atoms with van der Waals surface area (Å²) in [4.78, 5) is 14.3. The Morgan fingerprint density at radius 3 is 2.58 bits per heavy atom. The largest absolute Gasteiger partial charge is 0.497 e. The minimum atomic E-state index is 0.0749. The molecule has 3 nitrogen and oxygen atoms in total. The van der Waals surface area contributed by atoms with E-state index >= 15 is 0 Å². The average Bonchev–Trinajstić information content (AvgIpc) is 3.21. The number of carbonyl (C=O) groups excluding carboxylic acids is 1. The van der Waals surface area contributed by atoms with Crippen molar-refractivity contribution in [1.82, 2.24) is 4.90 Å². The second-order valence-electron chi connectivity index (χ2n) is 5.34. The molecule has 1 aromatic rings. The SMILES string of the molecule is COc1ccc([C@H]2S[C@@H](C)C(=O)N2CC2CC2)cc1. The molecule has 0 spiro atoms. The Bertz CT molecular complexity index is 470. The van der Waals surface area contributed by atoms with E-state index in [1.54, 1.807) is 18.9 Å². The fourth-order valence-electron chi connectivity index (χ4n) is 2.47. The van der Waals surface area contributed by atoms with Crippen LogP contribution < -0.4 is 4.74 Å². The van der Waals surface area contributed by atoms with E-state index in [0.29, 0.717) is 0 Å². The smallest absolute Gasteiger partial charge is 0.236 e. The number of benzene rings is 1. The summed E-state index contributed by atoms with van der Waals surface area (Å²) in [6.07, 6.45) is 2.55. The molecule has 0 aromatic heterocycles. The Morgan fingerprint density at radius 2 is 2.00 bits per heavy atom. The van der Waals surface area contributed by atoms with Gasteiger partial charge in [-0.05, 0) is 43.4 Å². The Labute approximate surface area is 118 Å². The second-order valence-corrected chi connectivity index (χ2v) is 6.76. The van der Waals surface area contributed by atoms with Crippen LogP contribution in [0, 0.1) is 5.92 Å². The standard InChI is InChI=1S/C15H19NO2S/c1-10-14(17)16(9-11-3-4-11)15(19-10)12-5-7-13(18-2)8-6-12/h5-8,10-11,15H,3-4,9H2,1-2H3/t10-,15+/m0/s1. The van der Waals surface area contributed by atoms with Crippen molar-refractivity contribution in [3.8, 4) is 5.75 Å². The molecule has 0 N–H and O–H groups in total. The average molecular weight is 277 g/mol. The van der Waals surface area contributed by atoms with Crippen LogP contribution >= 0.6 is 11.8 Å². The predicted molar refractivity (Wildman–Crippen MR) is 77.2 cm³/mol. The highest BCUT2D eigenvalue weighted by Gasteiger charge is 2.40. The molecule has 1 aromatic carbocycles. The Balaban J connectivity index is 1.81. The molecule has 0 bridgehead atoms. The molecule has 2 atom stereocenters. The Kier molecular flexibility index (Phi) is 3.44. The van der Waals surface area contributed by atoms with E-state index in [1.165, 1.54) is 18.4 Å². The second kappa shape index (κ2) is 5.08. The van der Waals surface area contributed by atoms with E-state index in [2.05, 4.69) is 17.0 Å². The first-order chi connectivity index (χ1) is 9.19. The molecule has 0 radical (unpaired) electrons. The quantitative estimate of drug-likeness (QED) is 0.847. The monoisotopic (exact) mass is 277 g/mol. The number of rotatable bonds is 4. The van der Waals surface area contributed by atoms with Gasteiger partial charge in [0.05, 0.1) is 12.4 Å². The van der Waals surface area contributed by atoms with Gasteiger partial charge in [0, 0.05) is 6.54 Å². The molecular weight excluding hydrogens is 258 g/mol. The lowest BCUT2D eigenvalue weighted by Gasteiger charge is -2.24. The molecule has 2 fully saturated rings. The molecule has 0 unspecified atom stereocenters. The van der Waals surface area contributed by atoms with Gasteiger partial charge < -0.3 is 9.64 Å². The number of amides is 1. The van der Waals surface area contributed by atoms with Crippen LogP contribution in [0.4, 0.5) is 0 Å². The summed E-state index contributed by atoms with van der Waals surface area (Å²) >= 11 is 1.75. The summed E-state index contributed by atoms with van der Waals surface area (Å²) in [6, 6.07) is 8.08. The summed E-state index contributed by atoms with van der Waals surface area (Å²) in [5.74, 6) is 1.88. The van der Waals surface area contributed by atoms with Gasteiger partial charge in [-0.25, -0.2) is 0 Å². The van der Waals surface area contributed by atoms with Crippen molar-refractivity contribution in [2.75, 3.05) is 13.7 Å². The summed E-state index contributed by atoms with van der Waals surface area (Å²) in [5.41, 5.74) is 1.20. The van der Waals surface area contributed by atoms with Gasteiger partial charge in [-0.15, -0.1) is 11.8 Å². The van der Waals surface area contributed by atoms with E-state index in [4.69, 9.17) is 4.74 Å². The zero-order valence-corrected chi connectivity index (χ0v) is 12.2. The summed E-state index contributed by atoms with van der Waals surface area (Å²) < 4.78 is 5.19. The number of thioether (sulfide) groups is 1. The van der Waals surface area contributed by atoms with Gasteiger partial charge in [-0.3, -0.25) is 4.79 Å². The van der Waals surface area contributed by atoms with Crippen LogP contribution in [-0.4, -0.2) is 29.7 Å². The molecular formula is C15H19NO2S. The van der Waals surface area contributed by atoms with E-state index in [1.807, 2.05) is 19.1 Å². The minimum absolute atomic E-state index is 0.0749. The third-order valence-electron chi connectivity index (χ3n) is 3.80. The summed E-state index contributed by atoms with van der Waals surface area (Å²) in [6.45, 7) is 2.93. The first kappa shape index (κ1) is 12.9. The van der Waals surface area contributed by atoms with Crippen LogP contribution in [0.1, 0.15) is 30.7 Å². The number of methoxy groups -OCH3 is 1. The van der Waals surface area contributed by atoms with Crippen molar-refractivity contribution >= 4 is 17.7 Å². The molecule has 4 heteroatoms. The maximum atomic E-state index is 12.3. The van der Waals surface area contributed by atoms with Crippen molar-refractivity contribution in [3.05, 3.63) is 29.8 Å². The highest BCUT2D eigenvalue weighted by atomic mass is 32.2. The first-order valence-electron chi connectivity index (χ1n) is 6.79. The molecule has 3 rings (SSSR count). The number of carbonyl (C=O) groups is 1. The van der Waals surface area contributed by atoms with Crippen LogP contribution in [0.5, 0.6) is 5.75 Å². The van der Waals surface area contributed by atoms with E-state index in [0.717, 1.165) is 18.2 Å². The molecule has 1 saturated heterocycles. The molecule has 19 heavy (non-hydrogen) atoms. The normalized spacial score (nSPS) is 26.8. The zero-order chi connectivity index (χ0) is 13.4. The van der Waals surface area contributed by atoms with Gasteiger partial charge in [0.1, 0.15) is 11.1 Å². The van der Waals surface area contributed by atoms with E-state index < -0.39 is 0 Å². The third kappa shape index (κ3) is 2.59. The van der Waals surface area contributed by atoms with Crippen LogP contribution in [0.15, 0.2) is 24.3 Å². The van der Waals surface area contributed by atoms with Crippen LogP contribution in [0.3, 0.4) is 0 Å². The summed E-state index contributed by atoms with van der Waals surface area (Å²) in [7, 11) is 1.67. The molecule has 1 aliphatic heterocycles. The lowest BCUT2D eigenvalue weighted by atomic mass is 10.2. The highest BCUT2D eigenvalue weighted by Crippen LogP contribution is 2.45. The maximum absolute atomic E-state index is 12.3. The Morgan fingerprint density at radius 1 is 1.32 bits per heavy atom. The van der Waals surface area contributed by atoms with Gasteiger partial charge in [0.15, 0.2) is 0 Å². The number of ether oxygens (including phenoxy) is 1. The fraction of sp³-hybridized carbons (Fsp3) is 0.533. The maximum Gasteiger partial charge on any atom is 0.236 e. The number of nitrogens with zero attached hydrogens (tertiary/aromatic N) is 1. The molecule has 1 saturated carbocycles. The van der Waals surface area contributed by atoms with Crippen molar-refractivity contribution in [2.45, 2.75) is 30.4 Å². The van der Waals surface area contributed by atoms with Crippen molar-refractivity contribution < 1.29 is 9.53 Å². The van der Waals surface area contributed by atoms with Crippen molar-refractivity contribution in [2.24, 2.45) is 5.92 Å². The zero-order valence-electron chi connectivity index (χ0n) is 11.3. The van der Waals surface area contributed by atoms with Gasteiger partial charge >= 0.3 is 0 Å². The predicted octanol–water partition coefficient (Wildman–Crippen LogP) is 3.07. The van der Waals surface area contributed by atoms with Gasteiger partial charge in [0.25, 0.3) is 0 Å². The van der Waals surface area contributed by atoms with E-state index in [9.17, 15) is 4.79 Å². The number of hydrogen-bond acceptors (Lipinski definition) is 3. The summed E-state index contributed by atoms with van der Waals surface area (Å²) in [5, 5.41) is 0.250. The van der Waals surface area contributed by atoms with Gasteiger partial charge in [-0.2, -0.15) is 0 Å². The molecule has 1 amide bonds. The molecule has 1 aliphatic carbocycles. The molecule has 102 valence electrons. The van der Waals surface area contributed by atoms with Crippen LogP contribution in [-0.2, 0) is 4.79 Å².